The van der Waals surface area contributed by atoms with Crippen molar-refractivity contribution < 1.29 is 22.3 Å². The third kappa shape index (κ3) is 4.85. The highest BCUT2D eigenvalue weighted by Gasteiger charge is 2.35. The predicted molar refractivity (Wildman–Crippen MR) is 144 cm³/mol. The van der Waals surface area contributed by atoms with Crippen LogP contribution in [-0.2, 0) is 12.7 Å². The van der Waals surface area contributed by atoms with Gasteiger partial charge in [0.15, 0.2) is 5.82 Å². The van der Waals surface area contributed by atoms with E-state index in [-0.39, 0.29) is 29.5 Å². The summed E-state index contributed by atoms with van der Waals surface area (Å²) in [4.78, 5) is 33.8. The number of nitrogens with zero attached hydrogens (tertiary/aromatic N) is 6. The lowest BCUT2D eigenvalue weighted by Crippen LogP contribution is -2.45. The van der Waals surface area contributed by atoms with Gasteiger partial charge in [-0.1, -0.05) is 6.07 Å². The molecule has 0 saturated carbocycles. The van der Waals surface area contributed by atoms with Crippen molar-refractivity contribution in [2.24, 2.45) is 4.99 Å². The van der Waals surface area contributed by atoms with E-state index in [1.165, 1.54) is 19.2 Å². The SMILES string of the molecule is COc1ccc(-n2c(=O)c(C3=Nc4ccc(N)cc4N(C)C3)c(N)n(Cc3c(F)cccc3C(F)(F)F)c2=O)nn1. The third-order valence-electron chi connectivity index (χ3n) is 6.53. The molecule has 11 nitrogen and oxygen atoms in total. The van der Waals surface area contributed by atoms with Crippen LogP contribution in [0.2, 0.25) is 0 Å². The van der Waals surface area contributed by atoms with Gasteiger partial charge in [-0.3, -0.25) is 9.36 Å². The van der Waals surface area contributed by atoms with Gasteiger partial charge in [0, 0.05) is 24.4 Å². The second-order valence-electron chi connectivity index (χ2n) is 9.13. The number of nitrogen functional groups attached to an aromatic ring is 2. The van der Waals surface area contributed by atoms with Crippen LogP contribution in [0.15, 0.2) is 63.1 Å². The molecule has 1 aliphatic heterocycles. The maximum absolute atomic E-state index is 14.8. The fourth-order valence-electron chi connectivity index (χ4n) is 4.54. The molecule has 0 saturated heterocycles. The minimum absolute atomic E-state index is 0.0237. The Labute approximate surface area is 228 Å². The van der Waals surface area contributed by atoms with Crippen molar-refractivity contribution in [2.75, 3.05) is 37.1 Å². The van der Waals surface area contributed by atoms with Gasteiger partial charge < -0.3 is 21.1 Å². The second kappa shape index (κ2) is 10.1. The molecule has 0 atom stereocenters. The Morgan fingerprint density at radius 3 is 2.46 bits per heavy atom. The molecule has 15 heteroatoms. The molecular formula is C26H22F4N8O3. The first-order valence-corrected chi connectivity index (χ1v) is 12.0. The van der Waals surface area contributed by atoms with Crippen molar-refractivity contribution in [3.63, 3.8) is 0 Å². The standard InChI is InChI=1S/C26H22F4N8O3/c1-36-12-18(33-17-7-6-13(31)10-19(17)36)22-23(32)37(11-14-15(26(28,29)30)4-3-5-16(14)27)25(40)38(24(22)39)20-8-9-21(41-2)35-34-20/h3-10H,11-12,31-32H2,1-2H3. The number of ether oxygens (including phenoxy) is 1. The fourth-order valence-corrected chi connectivity index (χ4v) is 4.54. The number of nitrogens with two attached hydrogens (primary N) is 2. The second-order valence-corrected chi connectivity index (χ2v) is 9.13. The summed E-state index contributed by atoms with van der Waals surface area (Å²) in [5.74, 6) is -1.90. The Balaban J connectivity index is 1.80. The molecule has 212 valence electrons. The lowest BCUT2D eigenvalue weighted by molar-refractivity contribution is -0.138. The topological polar surface area (TPSA) is 147 Å². The minimum Gasteiger partial charge on any atom is -0.480 e. The highest BCUT2D eigenvalue weighted by molar-refractivity contribution is 6.10. The maximum Gasteiger partial charge on any atom is 0.416 e. The normalized spacial score (nSPS) is 13.1. The van der Waals surface area contributed by atoms with Crippen molar-refractivity contribution >= 4 is 28.6 Å². The van der Waals surface area contributed by atoms with Gasteiger partial charge in [-0.15, -0.1) is 10.2 Å². The summed E-state index contributed by atoms with van der Waals surface area (Å²) in [6.45, 7) is -0.921. The summed E-state index contributed by atoms with van der Waals surface area (Å²) in [6.07, 6.45) is -4.93. The lowest BCUT2D eigenvalue weighted by atomic mass is 10.1. The molecule has 0 radical (unpaired) electrons. The Bertz CT molecular complexity index is 1810. The molecule has 0 bridgehead atoms. The zero-order valence-electron chi connectivity index (χ0n) is 21.6. The van der Waals surface area contributed by atoms with Gasteiger partial charge in [0.25, 0.3) is 5.56 Å². The zero-order valence-corrected chi connectivity index (χ0v) is 21.6. The number of hydrogen-bond acceptors (Lipinski definition) is 9. The minimum atomic E-state index is -4.93. The predicted octanol–water partition coefficient (Wildman–Crippen LogP) is 2.74. The molecular weight excluding hydrogens is 548 g/mol. The van der Waals surface area contributed by atoms with Crippen LogP contribution in [-0.4, -0.2) is 45.7 Å². The molecule has 0 unspecified atom stereocenters. The van der Waals surface area contributed by atoms with E-state index in [0.717, 1.165) is 12.1 Å². The molecule has 0 spiro atoms. The van der Waals surface area contributed by atoms with Gasteiger partial charge in [0.05, 0.1) is 42.8 Å². The smallest absolute Gasteiger partial charge is 0.416 e. The van der Waals surface area contributed by atoms with Crippen molar-refractivity contribution in [3.05, 3.63) is 91.9 Å². The van der Waals surface area contributed by atoms with Crippen LogP contribution in [0.5, 0.6) is 5.88 Å². The number of alkyl halides is 3. The number of aliphatic imine (C=N–C) groups is 1. The number of likely N-dealkylation sites (N-methyl/N-ethyl adjacent to an activating group) is 1. The van der Waals surface area contributed by atoms with Crippen LogP contribution in [0.4, 0.5) is 40.4 Å². The molecule has 0 aliphatic carbocycles. The third-order valence-corrected chi connectivity index (χ3v) is 6.53. The van der Waals surface area contributed by atoms with E-state index in [4.69, 9.17) is 16.2 Å². The molecule has 1 aliphatic rings. The largest absolute Gasteiger partial charge is 0.480 e. The van der Waals surface area contributed by atoms with Crippen LogP contribution < -0.4 is 32.4 Å². The van der Waals surface area contributed by atoms with Gasteiger partial charge in [0.1, 0.15) is 17.2 Å². The monoisotopic (exact) mass is 570 g/mol. The quantitative estimate of drug-likeness (QED) is 0.275. The number of benzene rings is 2. The highest BCUT2D eigenvalue weighted by Crippen LogP contribution is 2.35. The van der Waals surface area contributed by atoms with Gasteiger partial charge in [-0.2, -0.15) is 13.2 Å². The van der Waals surface area contributed by atoms with E-state index in [9.17, 15) is 27.2 Å². The number of halogens is 4. The highest BCUT2D eigenvalue weighted by atomic mass is 19.4. The molecule has 0 amide bonds. The first-order valence-electron chi connectivity index (χ1n) is 12.0. The molecule has 0 fully saturated rings. The lowest BCUT2D eigenvalue weighted by Gasteiger charge is -2.28. The fraction of sp³-hybridized carbons (Fsp3) is 0.192. The van der Waals surface area contributed by atoms with Gasteiger partial charge in [0.2, 0.25) is 5.88 Å². The van der Waals surface area contributed by atoms with Crippen LogP contribution >= 0.6 is 0 Å². The summed E-state index contributed by atoms with van der Waals surface area (Å²) in [5.41, 5.74) is 9.38. The molecule has 3 heterocycles. The Morgan fingerprint density at radius 1 is 1.05 bits per heavy atom. The number of anilines is 3. The Hall–Kier alpha value is -5.21. The zero-order chi connectivity index (χ0) is 29.6. The van der Waals surface area contributed by atoms with Crippen LogP contribution in [0, 0.1) is 5.82 Å². The average Bonchev–Trinajstić information content (AvgIpc) is 2.92. The Morgan fingerprint density at radius 2 is 1.80 bits per heavy atom. The van der Waals surface area contributed by atoms with E-state index in [1.54, 1.807) is 30.1 Å². The van der Waals surface area contributed by atoms with E-state index in [1.807, 2.05) is 0 Å². The number of aromatic nitrogens is 4. The van der Waals surface area contributed by atoms with Crippen LogP contribution in [0.25, 0.3) is 5.82 Å². The summed E-state index contributed by atoms with van der Waals surface area (Å²) in [5, 5.41) is 7.63. The molecule has 2 aromatic heterocycles. The summed E-state index contributed by atoms with van der Waals surface area (Å²) in [6, 6.07) is 9.93. The Kier molecular flexibility index (Phi) is 6.72. The first kappa shape index (κ1) is 27.4. The molecule has 4 aromatic rings. The number of methoxy groups -OCH3 is 1. The van der Waals surface area contributed by atoms with Gasteiger partial charge in [-0.05, 0) is 36.4 Å². The molecule has 2 aromatic carbocycles. The van der Waals surface area contributed by atoms with Crippen LogP contribution in [0.3, 0.4) is 0 Å². The van der Waals surface area contributed by atoms with Crippen molar-refractivity contribution in [2.45, 2.75) is 12.7 Å². The summed E-state index contributed by atoms with van der Waals surface area (Å²) >= 11 is 0. The van der Waals surface area contributed by atoms with Crippen molar-refractivity contribution in [3.8, 4) is 11.7 Å². The van der Waals surface area contributed by atoms with Crippen molar-refractivity contribution in [1.82, 2.24) is 19.3 Å². The maximum atomic E-state index is 14.8. The molecule has 4 N–H and O–H groups in total. The van der Waals surface area contributed by atoms with E-state index in [2.05, 4.69) is 15.2 Å². The van der Waals surface area contributed by atoms with Crippen LogP contribution in [0.1, 0.15) is 16.7 Å². The molecule has 41 heavy (non-hydrogen) atoms. The van der Waals surface area contributed by atoms with Crippen molar-refractivity contribution in [1.29, 1.82) is 0 Å². The van der Waals surface area contributed by atoms with E-state index >= 15 is 0 Å². The number of fused-ring (bicyclic) bond motifs is 1. The first-order chi connectivity index (χ1) is 19.4. The van der Waals surface area contributed by atoms with Gasteiger partial charge >= 0.3 is 11.9 Å². The van der Waals surface area contributed by atoms with Gasteiger partial charge in [-0.25, -0.2) is 18.7 Å². The van der Waals surface area contributed by atoms with E-state index < -0.39 is 46.7 Å². The number of hydrogen-bond donors (Lipinski definition) is 2. The average molecular weight is 571 g/mol. The van der Waals surface area contributed by atoms with E-state index in [0.29, 0.717) is 32.3 Å². The molecule has 5 rings (SSSR count). The summed E-state index contributed by atoms with van der Waals surface area (Å²) in [7, 11) is 3.04. The summed E-state index contributed by atoms with van der Waals surface area (Å²) < 4.78 is 62.4. The number of rotatable bonds is 5.